The number of nitrogens with one attached hydrogen (secondary N) is 1. The number of carbonyl (C=O) groups is 1. The van der Waals surface area contributed by atoms with Gasteiger partial charge in [-0.1, -0.05) is 23.7 Å². The Hall–Kier alpha value is -2.32. The van der Waals surface area contributed by atoms with Gasteiger partial charge in [-0.25, -0.2) is 4.98 Å². The van der Waals surface area contributed by atoms with Gasteiger partial charge < -0.3 is 15.1 Å². The molecule has 29 heavy (non-hydrogen) atoms. The number of halogens is 4. The van der Waals surface area contributed by atoms with E-state index < -0.39 is 23.2 Å². The summed E-state index contributed by atoms with van der Waals surface area (Å²) in [6.45, 7) is 2.88. The minimum absolute atomic E-state index is 0.206. The summed E-state index contributed by atoms with van der Waals surface area (Å²) >= 11 is 5.82. The highest BCUT2D eigenvalue weighted by Gasteiger charge is 2.36. The Morgan fingerprint density at radius 2 is 1.83 bits per heavy atom. The number of amides is 1. The summed E-state index contributed by atoms with van der Waals surface area (Å²) in [5.74, 6) is -0.549. The summed E-state index contributed by atoms with van der Waals surface area (Å²) in [4.78, 5) is 20.4. The third-order valence-corrected chi connectivity index (χ3v) is 5.13. The van der Waals surface area contributed by atoms with Crippen molar-refractivity contribution in [2.24, 2.45) is 0 Å². The van der Waals surface area contributed by atoms with Crippen LogP contribution in [0.4, 0.5) is 19.0 Å². The van der Waals surface area contributed by atoms with Gasteiger partial charge in [0.2, 0.25) is 0 Å². The molecule has 9 heteroatoms. The van der Waals surface area contributed by atoms with Crippen LogP contribution in [-0.2, 0) is 12.6 Å². The lowest BCUT2D eigenvalue weighted by atomic mass is 10.1. The van der Waals surface area contributed by atoms with Crippen molar-refractivity contribution in [1.29, 1.82) is 0 Å². The molecule has 2 aromatic rings. The van der Waals surface area contributed by atoms with Crippen LogP contribution in [0.2, 0.25) is 5.02 Å². The molecule has 0 bridgehead atoms. The number of carbonyl (C=O) groups excluding carboxylic acids is 1. The molecule has 0 unspecified atom stereocenters. The number of nitrogens with zero attached hydrogens (tertiary/aromatic N) is 3. The molecule has 1 N–H and O–H groups in total. The van der Waals surface area contributed by atoms with Gasteiger partial charge in [0.1, 0.15) is 5.82 Å². The highest BCUT2D eigenvalue weighted by Crippen LogP contribution is 2.34. The van der Waals surface area contributed by atoms with E-state index in [1.165, 1.54) is 0 Å². The van der Waals surface area contributed by atoms with Crippen molar-refractivity contribution in [3.8, 4) is 0 Å². The van der Waals surface area contributed by atoms with E-state index in [2.05, 4.69) is 15.2 Å². The van der Waals surface area contributed by atoms with E-state index in [-0.39, 0.29) is 12.4 Å². The lowest BCUT2D eigenvalue weighted by Crippen LogP contribution is -2.45. The average Bonchev–Trinajstić information content (AvgIpc) is 2.69. The number of hydrogen-bond donors (Lipinski definition) is 1. The maximum Gasteiger partial charge on any atom is 0.417 e. The zero-order valence-electron chi connectivity index (χ0n) is 16.0. The van der Waals surface area contributed by atoms with Crippen LogP contribution >= 0.6 is 11.6 Å². The highest BCUT2D eigenvalue weighted by molar-refractivity contribution is 6.30. The molecule has 1 fully saturated rings. The summed E-state index contributed by atoms with van der Waals surface area (Å²) in [5.41, 5.74) is -0.508. The Labute approximate surface area is 172 Å². The molecule has 156 valence electrons. The molecule has 1 saturated heterocycles. The third-order valence-electron chi connectivity index (χ3n) is 4.88. The van der Waals surface area contributed by atoms with Gasteiger partial charge in [-0.15, -0.1) is 0 Å². The smallest absolute Gasteiger partial charge is 0.354 e. The van der Waals surface area contributed by atoms with E-state index in [9.17, 15) is 18.0 Å². The van der Waals surface area contributed by atoms with Crippen LogP contribution in [0.5, 0.6) is 0 Å². The van der Waals surface area contributed by atoms with Crippen molar-refractivity contribution < 1.29 is 18.0 Å². The number of piperazine rings is 1. The van der Waals surface area contributed by atoms with Crippen molar-refractivity contribution in [2.45, 2.75) is 12.6 Å². The van der Waals surface area contributed by atoms with Crippen LogP contribution in [-0.4, -0.2) is 55.6 Å². The number of benzene rings is 1. The van der Waals surface area contributed by atoms with Crippen molar-refractivity contribution in [3.63, 3.8) is 0 Å². The topological polar surface area (TPSA) is 48.5 Å². The van der Waals surface area contributed by atoms with Crippen LogP contribution in [0.15, 0.2) is 36.5 Å². The fourth-order valence-corrected chi connectivity index (χ4v) is 3.26. The molecule has 0 atom stereocenters. The molecule has 0 saturated carbocycles. The maximum absolute atomic E-state index is 13.6. The van der Waals surface area contributed by atoms with Gasteiger partial charge in [0.25, 0.3) is 5.91 Å². The second-order valence-corrected chi connectivity index (χ2v) is 7.44. The molecule has 3 rings (SSSR count). The first kappa shape index (κ1) is 21.4. The van der Waals surface area contributed by atoms with E-state index in [1.807, 2.05) is 19.2 Å². The molecule has 1 aliphatic rings. The molecule has 0 aliphatic carbocycles. The van der Waals surface area contributed by atoms with Gasteiger partial charge in [0, 0.05) is 43.9 Å². The second-order valence-electron chi connectivity index (χ2n) is 7.01. The monoisotopic (exact) mass is 426 g/mol. The summed E-state index contributed by atoms with van der Waals surface area (Å²) in [6, 6.07) is 8.03. The van der Waals surface area contributed by atoms with Crippen molar-refractivity contribution in [1.82, 2.24) is 15.2 Å². The van der Waals surface area contributed by atoms with Crippen molar-refractivity contribution in [3.05, 3.63) is 58.2 Å². The van der Waals surface area contributed by atoms with Gasteiger partial charge in [-0.05, 0) is 37.2 Å². The maximum atomic E-state index is 13.6. The van der Waals surface area contributed by atoms with Crippen molar-refractivity contribution in [2.75, 3.05) is 44.7 Å². The molecule has 1 amide bonds. The average molecular weight is 427 g/mol. The third kappa shape index (κ3) is 5.61. The number of alkyl halides is 3. The molecule has 5 nitrogen and oxygen atoms in total. The van der Waals surface area contributed by atoms with Crippen molar-refractivity contribution >= 4 is 23.3 Å². The molecule has 2 heterocycles. The lowest BCUT2D eigenvalue weighted by molar-refractivity contribution is -0.138. The summed E-state index contributed by atoms with van der Waals surface area (Å²) in [6.07, 6.45) is -3.14. The van der Waals surface area contributed by atoms with Gasteiger partial charge >= 0.3 is 6.18 Å². The molecule has 0 radical (unpaired) electrons. The zero-order chi connectivity index (χ0) is 21.0. The number of hydrogen-bond acceptors (Lipinski definition) is 4. The van der Waals surface area contributed by atoms with Gasteiger partial charge in [-0.3, -0.25) is 4.79 Å². The SMILES string of the molecule is CN1CCN(c2cc(C(F)(F)F)c(C(=O)NCCc3ccc(Cl)cc3)cn2)CC1. The second kappa shape index (κ2) is 9.00. The van der Waals surface area contributed by atoms with Gasteiger partial charge in [0.05, 0.1) is 11.1 Å². The Morgan fingerprint density at radius 1 is 1.17 bits per heavy atom. The predicted molar refractivity (Wildman–Crippen MR) is 106 cm³/mol. The van der Waals surface area contributed by atoms with Gasteiger partial charge in [-0.2, -0.15) is 13.2 Å². The van der Waals surface area contributed by atoms with E-state index in [0.717, 1.165) is 30.9 Å². The Kier molecular flexibility index (Phi) is 6.64. The molecule has 1 aromatic heterocycles. The number of pyridine rings is 1. The number of rotatable bonds is 5. The molecular weight excluding hydrogens is 405 g/mol. The molecule has 1 aliphatic heterocycles. The van der Waals surface area contributed by atoms with Crippen LogP contribution < -0.4 is 10.2 Å². The highest BCUT2D eigenvalue weighted by atomic mass is 35.5. The van der Waals surface area contributed by atoms with Crippen LogP contribution in [0.1, 0.15) is 21.5 Å². The Morgan fingerprint density at radius 3 is 2.45 bits per heavy atom. The fraction of sp³-hybridized carbons (Fsp3) is 0.400. The largest absolute Gasteiger partial charge is 0.417 e. The van der Waals surface area contributed by atoms with E-state index in [0.29, 0.717) is 24.5 Å². The Balaban J connectivity index is 1.71. The summed E-state index contributed by atoms with van der Waals surface area (Å²) < 4.78 is 40.8. The first-order valence-corrected chi connectivity index (χ1v) is 9.65. The first-order valence-electron chi connectivity index (χ1n) is 9.27. The summed E-state index contributed by atoms with van der Waals surface area (Å²) in [5, 5.41) is 3.14. The normalized spacial score (nSPS) is 15.4. The van der Waals surface area contributed by atoms with Crippen LogP contribution in [0, 0.1) is 0 Å². The summed E-state index contributed by atoms with van der Waals surface area (Å²) in [7, 11) is 1.96. The quantitative estimate of drug-likeness (QED) is 0.795. The minimum atomic E-state index is -4.65. The molecule has 1 aromatic carbocycles. The number of likely N-dealkylation sites (N-methyl/N-ethyl adjacent to an activating group) is 1. The lowest BCUT2D eigenvalue weighted by Gasteiger charge is -2.33. The van der Waals surface area contributed by atoms with E-state index >= 15 is 0 Å². The van der Waals surface area contributed by atoms with Gasteiger partial charge in [0.15, 0.2) is 0 Å². The number of anilines is 1. The fourth-order valence-electron chi connectivity index (χ4n) is 3.13. The van der Waals surface area contributed by atoms with Crippen LogP contribution in [0.25, 0.3) is 0 Å². The standard InChI is InChI=1S/C20H22ClF3N4O/c1-27-8-10-28(11-9-27)18-12-17(20(22,23)24)16(13-26-18)19(29)25-7-6-14-2-4-15(21)5-3-14/h2-5,12-13H,6-11H2,1H3,(H,25,29). The van der Waals surface area contributed by atoms with E-state index in [4.69, 9.17) is 11.6 Å². The number of aromatic nitrogens is 1. The Bertz CT molecular complexity index is 850. The first-order chi connectivity index (χ1) is 13.7. The zero-order valence-corrected chi connectivity index (χ0v) is 16.7. The van der Waals surface area contributed by atoms with Crippen LogP contribution in [0.3, 0.4) is 0 Å². The predicted octanol–water partition coefficient (Wildman–Crippen LogP) is 3.48. The van der Waals surface area contributed by atoms with E-state index in [1.54, 1.807) is 17.0 Å². The minimum Gasteiger partial charge on any atom is -0.354 e. The molecule has 0 spiro atoms. The molecular formula is C20H22ClF3N4O.